The van der Waals surface area contributed by atoms with Gasteiger partial charge in [0.25, 0.3) is 0 Å². The second kappa shape index (κ2) is 7.77. The number of halogens is 2. The van der Waals surface area contributed by atoms with Crippen LogP contribution in [-0.4, -0.2) is 11.5 Å². The molecule has 0 bridgehead atoms. The molecule has 4 heteroatoms. The van der Waals surface area contributed by atoms with E-state index < -0.39 is 0 Å². The van der Waals surface area contributed by atoms with Crippen molar-refractivity contribution in [1.82, 2.24) is 10.3 Å². The Morgan fingerprint density at radius 1 is 1.35 bits per heavy atom. The first-order chi connectivity index (χ1) is 9.70. The minimum absolute atomic E-state index is 0.254. The van der Waals surface area contributed by atoms with Gasteiger partial charge in [-0.25, -0.2) is 0 Å². The lowest BCUT2D eigenvalue weighted by molar-refractivity contribution is 0.528. The molecule has 20 heavy (non-hydrogen) atoms. The van der Waals surface area contributed by atoms with E-state index in [0.717, 1.165) is 28.9 Å². The first kappa shape index (κ1) is 15.5. The number of pyridine rings is 1. The third-order valence-corrected chi connectivity index (χ3v) is 4.38. The van der Waals surface area contributed by atoms with E-state index in [9.17, 15) is 0 Å². The molecule has 0 aliphatic rings. The van der Waals surface area contributed by atoms with Gasteiger partial charge in [0.1, 0.15) is 0 Å². The molecule has 1 N–H and O–H groups in total. The van der Waals surface area contributed by atoms with E-state index >= 15 is 0 Å². The number of nitrogens with one attached hydrogen (secondary N) is 1. The maximum atomic E-state index is 6.21. The maximum absolute atomic E-state index is 6.21. The van der Waals surface area contributed by atoms with Crippen molar-refractivity contribution >= 4 is 27.5 Å². The predicted molar refractivity (Wildman–Crippen MR) is 88.1 cm³/mol. The Labute approximate surface area is 133 Å². The summed E-state index contributed by atoms with van der Waals surface area (Å²) in [7, 11) is 0. The Morgan fingerprint density at radius 2 is 2.20 bits per heavy atom. The van der Waals surface area contributed by atoms with Gasteiger partial charge in [0.2, 0.25) is 0 Å². The van der Waals surface area contributed by atoms with Crippen molar-refractivity contribution in [2.45, 2.75) is 25.8 Å². The summed E-state index contributed by atoms with van der Waals surface area (Å²) >= 11 is 9.64. The van der Waals surface area contributed by atoms with E-state index in [1.54, 1.807) is 6.20 Å². The van der Waals surface area contributed by atoms with Gasteiger partial charge in [0, 0.05) is 22.9 Å². The highest BCUT2D eigenvalue weighted by Crippen LogP contribution is 2.27. The normalized spacial score (nSPS) is 12.3. The number of hydrogen-bond acceptors (Lipinski definition) is 2. The molecule has 0 saturated heterocycles. The molecule has 0 radical (unpaired) electrons. The van der Waals surface area contributed by atoms with Crippen LogP contribution in [0.2, 0.25) is 5.02 Å². The molecule has 0 aliphatic heterocycles. The average molecular weight is 354 g/mol. The van der Waals surface area contributed by atoms with Crippen LogP contribution in [0.4, 0.5) is 0 Å². The van der Waals surface area contributed by atoms with Gasteiger partial charge in [-0.2, -0.15) is 0 Å². The second-order valence-electron chi connectivity index (χ2n) is 4.75. The molecule has 0 spiro atoms. The van der Waals surface area contributed by atoms with Crippen molar-refractivity contribution in [1.29, 1.82) is 0 Å². The highest BCUT2D eigenvalue weighted by Gasteiger charge is 2.13. The minimum Gasteiger partial charge on any atom is -0.310 e. The second-order valence-corrected chi connectivity index (χ2v) is 6.01. The van der Waals surface area contributed by atoms with E-state index in [2.05, 4.69) is 45.3 Å². The highest BCUT2D eigenvalue weighted by atomic mass is 79.9. The molecule has 1 unspecified atom stereocenters. The molecule has 2 nitrogen and oxygen atoms in total. The van der Waals surface area contributed by atoms with Crippen LogP contribution in [0.1, 0.15) is 30.5 Å². The lowest BCUT2D eigenvalue weighted by Crippen LogP contribution is -2.24. The third-order valence-electron chi connectivity index (χ3n) is 3.15. The molecule has 1 aromatic carbocycles. The smallest absolute Gasteiger partial charge is 0.0551 e. The Kier molecular flexibility index (Phi) is 6.02. The molecule has 0 aliphatic carbocycles. The van der Waals surface area contributed by atoms with Gasteiger partial charge in [0.05, 0.1) is 5.02 Å². The molecule has 2 rings (SSSR count). The Hall–Kier alpha value is -0.900. The summed E-state index contributed by atoms with van der Waals surface area (Å²) in [6.45, 7) is 3.15. The van der Waals surface area contributed by atoms with Gasteiger partial charge >= 0.3 is 0 Å². The molecule has 2 aromatic rings. The van der Waals surface area contributed by atoms with Crippen LogP contribution >= 0.6 is 27.5 Å². The fourth-order valence-electron chi connectivity index (χ4n) is 2.11. The van der Waals surface area contributed by atoms with Gasteiger partial charge < -0.3 is 5.32 Å². The van der Waals surface area contributed by atoms with Crippen LogP contribution in [0, 0.1) is 0 Å². The lowest BCUT2D eigenvalue weighted by atomic mass is 10.00. The Bertz CT molecular complexity index is 545. The van der Waals surface area contributed by atoms with Crippen molar-refractivity contribution in [2.75, 3.05) is 6.54 Å². The predicted octanol–water partition coefficient (Wildman–Crippen LogP) is 4.78. The molecule has 0 saturated carbocycles. The fraction of sp³-hybridized carbons (Fsp3) is 0.312. The van der Waals surface area contributed by atoms with E-state index in [-0.39, 0.29) is 6.04 Å². The van der Waals surface area contributed by atoms with Gasteiger partial charge in [0.15, 0.2) is 0 Å². The number of nitrogens with zero attached hydrogens (tertiary/aromatic N) is 1. The van der Waals surface area contributed by atoms with Crippen LogP contribution in [0.15, 0.2) is 47.2 Å². The highest BCUT2D eigenvalue weighted by molar-refractivity contribution is 9.10. The zero-order valence-electron chi connectivity index (χ0n) is 11.4. The van der Waals surface area contributed by atoms with Crippen LogP contribution in [0.25, 0.3) is 0 Å². The fourth-order valence-corrected chi connectivity index (χ4v) is 2.55. The Balaban J connectivity index is 2.20. The van der Waals surface area contributed by atoms with E-state index in [1.165, 1.54) is 11.1 Å². The first-order valence-corrected chi connectivity index (χ1v) is 7.95. The van der Waals surface area contributed by atoms with Gasteiger partial charge in [-0.3, -0.25) is 4.98 Å². The van der Waals surface area contributed by atoms with Gasteiger partial charge in [-0.05, 0) is 64.6 Å². The lowest BCUT2D eigenvalue weighted by Gasteiger charge is -2.19. The number of benzene rings is 1. The zero-order valence-corrected chi connectivity index (χ0v) is 13.8. The monoisotopic (exact) mass is 352 g/mol. The molecule has 1 atom stereocenters. The van der Waals surface area contributed by atoms with Gasteiger partial charge in [-0.1, -0.05) is 30.7 Å². The topological polar surface area (TPSA) is 24.9 Å². The number of rotatable bonds is 6. The molecule has 0 fully saturated rings. The van der Waals surface area contributed by atoms with Gasteiger partial charge in [-0.15, -0.1) is 0 Å². The summed E-state index contributed by atoms with van der Waals surface area (Å²) in [5.41, 5.74) is 2.43. The number of aromatic nitrogens is 1. The summed E-state index contributed by atoms with van der Waals surface area (Å²) in [6, 6.07) is 10.5. The molecule has 106 valence electrons. The molecular formula is C16H18BrClN2. The van der Waals surface area contributed by atoms with E-state index in [0.29, 0.717) is 0 Å². The van der Waals surface area contributed by atoms with Crippen LogP contribution in [0.5, 0.6) is 0 Å². The van der Waals surface area contributed by atoms with E-state index in [1.807, 2.05) is 24.4 Å². The van der Waals surface area contributed by atoms with Crippen molar-refractivity contribution in [3.8, 4) is 0 Å². The average Bonchev–Trinajstić information content (AvgIpc) is 2.47. The van der Waals surface area contributed by atoms with Crippen LogP contribution < -0.4 is 5.32 Å². The first-order valence-electron chi connectivity index (χ1n) is 6.78. The van der Waals surface area contributed by atoms with Crippen molar-refractivity contribution in [3.63, 3.8) is 0 Å². The van der Waals surface area contributed by atoms with Crippen molar-refractivity contribution in [2.24, 2.45) is 0 Å². The summed E-state index contributed by atoms with van der Waals surface area (Å²) in [5.74, 6) is 0. The maximum Gasteiger partial charge on any atom is 0.0551 e. The standard InChI is InChI=1S/C16H18BrClN2/c1-2-7-20-16(9-12-4-3-8-19-11-12)13-5-6-14(17)15(18)10-13/h3-6,8,10-11,16,20H,2,7,9H2,1H3. The third kappa shape index (κ3) is 4.30. The van der Waals surface area contributed by atoms with Crippen molar-refractivity contribution in [3.05, 3.63) is 63.3 Å². The minimum atomic E-state index is 0.254. The largest absolute Gasteiger partial charge is 0.310 e. The summed E-state index contributed by atoms with van der Waals surface area (Å²) in [6.07, 6.45) is 5.73. The van der Waals surface area contributed by atoms with Crippen LogP contribution in [0.3, 0.4) is 0 Å². The SMILES string of the molecule is CCCNC(Cc1cccnc1)c1ccc(Br)c(Cl)c1. The van der Waals surface area contributed by atoms with Crippen LogP contribution in [-0.2, 0) is 6.42 Å². The summed E-state index contributed by atoms with van der Waals surface area (Å²) < 4.78 is 0.929. The molecule has 0 amide bonds. The molecule has 1 heterocycles. The van der Waals surface area contributed by atoms with E-state index in [4.69, 9.17) is 11.6 Å². The number of hydrogen-bond donors (Lipinski definition) is 1. The quantitative estimate of drug-likeness (QED) is 0.808. The Morgan fingerprint density at radius 3 is 2.85 bits per heavy atom. The van der Waals surface area contributed by atoms with Crippen molar-refractivity contribution < 1.29 is 0 Å². The summed E-state index contributed by atoms with van der Waals surface area (Å²) in [4.78, 5) is 4.18. The zero-order chi connectivity index (χ0) is 14.4. The molecular weight excluding hydrogens is 336 g/mol. The molecule has 1 aromatic heterocycles. The summed E-state index contributed by atoms with van der Waals surface area (Å²) in [5, 5.41) is 4.33.